The number of anilines is 1. The van der Waals surface area contributed by atoms with Crippen LogP contribution in [-0.2, 0) is 15.0 Å². The maximum atomic E-state index is 12.0. The summed E-state index contributed by atoms with van der Waals surface area (Å²) in [6, 6.07) is 6.38. The molecule has 5 heteroatoms. The van der Waals surface area contributed by atoms with E-state index in [2.05, 4.69) is 5.32 Å². The Bertz CT molecular complexity index is 554. The molecule has 1 aromatic rings. The monoisotopic (exact) mass is 290 g/mol. The van der Waals surface area contributed by atoms with Crippen LogP contribution in [0.2, 0.25) is 0 Å². The highest BCUT2D eigenvalue weighted by Crippen LogP contribution is 2.48. The van der Waals surface area contributed by atoms with Gasteiger partial charge in [-0.05, 0) is 36.0 Å². The van der Waals surface area contributed by atoms with E-state index in [0.29, 0.717) is 18.5 Å². The number of nitrogens with one attached hydrogen (secondary N) is 1. The predicted octanol–water partition coefficient (Wildman–Crippen LogP) is 2.11. The van der Waals surface area contributed by atoms with Gasteiger partial charge in [0, 0.05) is 5.69 Å². The molecule has 1 amide bonds. The van der Waals surface area contributed by atoms with E-state index in [4.69, 9.17) is 5.73 Å². The minimum Gasteiger partial charge on any atom is -0.481 e. The topological polar surface area (TPSA) is 92.4 Å². The number of benzene rings is 1. The highest BCUT2D eigenvalue weighted by molar-refractivity contribution is 5.95. The molecular weight excluding hydrogens is 268 g/mol. The fourth-order valence-corrected chi connectivity index (χ4v) is 2.24. The second-order valence-corrected chi connectivity index (χ2v) is 6.80. The van der Waals surface area contributed by atoms with Crippen LogP contribution in [0.15, 0.2) is 24.3 Å². The van der Waals surface area contributed by atoms with Crippen LogP contribution in [0.5, 0.6) is 0 Å². The van der Waals surface area contributed by atoms with Gasteiger partial charge >= 0.3 is 5.97 Å². The highest BCUT2D eigenvalue weighted by Gasteiger charge is 2.51. The van der Waals surface area contributed by atoms with E-state index < -0.39 is 17.4 Å². The summed E-state index contributed by atoms with van der Waals surface area (Å²) < 4.78 is 0. The minimum absolute atomic E-state index is 0.241. The van der Waals surface area contributed by atoms with Crippen LogP contribution >= 0.6 is 0 Å². The van der Waals surface area contributed by atoms with Gasteiger partial charge in [0.25, 0.3) is 0 Å². The normalized spacial score (nSPS) is 17.9. The number of amides is 1. The molecule has 0 heterocycles. The Morgan fingerprint density at radius 3 is 2.14 bits per heavy atom. The van der Waals surface area contributed by atoms with Crippen LogP contribution in [0, 0.1) is 5.41 Å². The first-order chi connectivity index (χ1) is 9.67. The van der Waals surface area contributed by atoms with Crippen LogP contribution in [0.1, 0.15) is 39.2 Å². The fourth-order valence-electron chi connectivity index (χ4n) is 2.24. The van der Waals surface area contributed by atoms with E-state index in [1.165, 1.54) is 0 Å². The Balaban J connectivity index is 2.07. The molecule has 4 N–H and O–H groups in total. The second-order valence-electron chi connectivity index (χ2n) is 6.80. The van der Waals surface area contributed by atoms with Gasteiger partial charge in [-0.3, -0.25) is 9.59 Å². The van der Waals surface area contributed by atoms with Crippen LogP contribution in [0.3, 0.4) is 0 Å². The average Bonchev–Trinajstić information content (AvgIpc) is 3.19. The van der Waals surface area contributed by atoms with Crippen molar-refractivity contribution in [3.63, 3.8) is 0 Å². The Morgan fingerprint density at radius 2 is 1.76 bits per heavy atom. The molecule has 0 saturated heterocycles. The Labute approximate surface area is 124 Å². The average molecular weight is 290 g/mol. The van der Waals surface area contributed by atoms with Crippen molar-refractivity contribution in [3.05, 3.63) is 29.8 Å². The third-order valence-electron chi connectivity index (χ3n) is 4.08. The summed E-state index contributed by atoms with van der Waals surface area (Å²) in [6.07, 6.45) is 1.34. The SMILES string of the molecule is CC(C)(C)[C@H](N)C(=O)Nc1ccc(C2(C(=O)O)CC2)cc1. The second kappa shape index (κ2) is 5.15. The molecule has 1 aliphatic carbocycles. The van der Waals surface area contributed by atoms with Crippen molar-refractivity contribution in [1.82, 2.24) is 0 Å². The number of carbonyl (C=O) groups is 2. The molecule has 1 fully saturated rings. The standard InChI is InChI=1S/C16H22N2O3/c1-15(2,3)12(17)13(19)18-11-6-4-10(5-7-11)16(8-9-16)14(20)21/h4-7,12H,8-9,17H2,1-3H3,(H,18,19)(H,20,21)/t12-/m1/s1. The first kappa shape index (κ1) is 15.5. The van der Waals surface area contributed by atoms with E-state index >= 15 is 0 Å². The number of carboxylic acid groups (broad SMARTS) is 1. The van der Waals surface area contributed by atoms with Crippen LogP contribution in [-0.4, -0.2) is 23.0 Å². The van der Waals surface area contributed by atoms with Crippen molar-refractivity contribution >= 4 is 17.6 Å². The molecule has 114 valence electrons. The van der Waals surface area contributed by atoms with E-state index in [9.17, 15) is 14.7 Å². The quantitative estimate of drug-likeness (QED) is 0.792. The number of hydrogen-bond acceptors (Lipinski definition) is 3. The largest absolute Gasteiger partial charge is 0.481 e. The van der Waals surface area contributed by atoms with Crippen molar-refractivity contribution < 1.29 is 14.7 Å². The van der Waals surface area contributed by atoms with Gasteiger partial charge in [0.1, 0.15) is 0 Å². The molecule has 1 aliphatic rings. The lowest BCUT2D eigenvalue weighted by Crippen LogP contribution is -2.45. The summed E-state index contributed by atoms with van der Waals surface area (Å²) in [7, 11) is 0. The van der Waals surface area contributed by atoms with Crippen molar-refractivity contribution in [2.75, 3.05) is 5.32 Å². The lowest BCUT2D eigenvalue weighted by molar-refractivity contribution is -0.140. The number of carbonyl (C=O) groups excluding carboxylic acids is 1. The summed E-state index contributed by atoms with van der Waals surface area (Å²) in [5.41, 5.74) is 6.28. The zero-order valence-corrected chi connectivity index (χ0v) is 12.6. The van der Waals surface area contributed by atoms with Gasteiger partial charge in [-0.25, -0.2) is 0 Å². The van der Waals surface area contributed by atoms with Gasteiger partial charge in [0.15, 0.2) is 0 Å². The van der Waals surface area contributed by atoms with Crippen LogP contribution in [0.25, 0.3) is 0 Å². The molecule has 0 spiro atoms. The van der Waals surface area contributed by atoms with Gasteiger partial charge in [0.2, 0.25) is 5.91 Å². The molecule has 5 nitrogen and oxygen atoms in total. The molecule has 0 aliphatic heterocycles. The lowest BCUT2D eigenvalue weighted by Gasteiger charge is -2.25. The summed E-state index contributed by atoms with van der Waals surface area (Å²) in [6.45, 7) is 5.72. The van der Waals surface area contributed by atoms with E-state index in [-0.39, 0.29) is 11.3 Å². The highest BCUT2D eigenvalue weighted by atomic mass is 16.4. The molecule has 1 saturated carbocycles. The number of nitrogens with two attached hydrogens (primary N) is 1. The first-order valence-corrected chi connectivity index (χ1v) is 7.07. The number of hydrogen-bond donors (Lipinski definition) is 3. The van der Waals surface area contributed by atoms with E-state index in [0.717, 1.165) is 5.56 Å². The van der Waals surface area contributed by atoms with E-state index in [1.54, 1.807) is 24.3 Å². The summed E-state index contributed by atoms with van der Waals surface area (Å²) in [4.78, 5) is 23.3. The first-order valence-electron chi connectivity index (χ1n) is 7.07. The zero-order chi connectivity index (χ0) is 15.8. The van der Waals surface area contributed by atoms with Gasteiger partial charge in [-0.1, -0.05) is 32.9 Å². The van der Waals surface area contributed by atoms with Crippen LogP contribution < -0.4 is 11.1 Å². The molecular formula is C16H22N2O3. The van der Waals surface area contributed by atoms with Gasteiger partial charge < -0.3 is 16.2 Å². The molecule has 1 atom stereocenters. The number of carboxylic acids is 1. The third-order valence-corrected chi connectivity index (χ3v) is 4.08. The van der Waals surface area contributed by atoms with Gasteiger partial charge in [0.05, 0.1) is 11.5 Å². The van der Waals surface area contributed by atoms with Crippen molar-refractivity contribution in [1.29, 1.82) is 0 Å². The molecule has 0 radical (unpaired) electrons. The molecule has 0 aromatic heterocycles. The predicted molar refractivity (Wildman–Crippen MR) is 81.0 cm³/mol. The van der Waals surface area contributed by atoms with Crippen LogP contribution in [0.4, 0.5) is 5.69 Å². The molecule has 0 unspecified atom stereocenters. The van der Waals surface area contributed by atoms with Gasteiger partial charge in [-0.15, -0.1) is 0 Å². The Morgan fingerprint density at radius 1 is 1.24 bits per heavy atom. The molecule has 2 rings (SSSR count). The lowest BCUT2D eigenvalue weighted by atomic mass is 9.87. The molecule has 1 aromatic carbocycles. The number of aliphatic carboxylic acids is 1. The Hall–Kier alpha value is -1.88. The maximum Gasteiger partial charge on any atom is 0.314 e. The molecule has 21 heavy (non-hydrogen) atoms. The summed E-state index contributed by atoms with van der Waals surface area (Å²) in [5, 5.41) is 12.0. The van der Waals surface area contributed by atoms with Gasteiger partial charge in [-0.2, -0.15) is 0 Å². The van der Waals surface area contributed by atoms with Crippen molar-refractivity contribution in [3.8, 4) is 0 Å². The fraction of sp³-hybridized carbons (Fsp3) is 0.500. The van der Waals surface area contributed by atoms with Crippen molar-refractivity contribution in [2.45, 2.75) is 45.1 Å². The number of rotatable bonds is 4. The maximum absolute atomic E-state index is 12.0. The Kier molecular flexibility index (Phi) is 3.80. The minimum atomic E-state index is -0.783. The zero-order valence-electron chi connectivity index (χ0n) is 12.6. The van der Waals surface area contributed by atoms with E-state index in [1.807, 2.05) is 20.8 Å². The summed E-state index contributed by atoms with van der Waals surface area (Å²) in [5.74, 6) is -1.02. The third kappa shape index (κ3) is 3.08. The smallest absolute Gasteiger partial charge is 0.314 e. The summed E-state index contributed by atoms with van der Waals surface area (Å²) >= 11 is 0. The molecule has 0 bridgehead atoms. The van der Waals surface area contributed by atoms with Crippen molar-refractivity contribution in [2.24, 2.45) is 11.1 Å².